The number of tetrazole rings is 1. The molecule has 0 fully saturated rings. The van der Waals surface area contributed by atoms with Gasteiger partial charge in [-0.2, -0.15) is 5.21 Å². The average molecular weight is 476 g/mol. The lowest BCUT2D eigenvalue weighted by Crippen LogP contribution is -2.51. The molecule has 9 nitrogen and oxygen atoms in total. The summed E-state index contributed by atoms with van der Waals surface area (Å²) in [7, 11) is 0. The van der Waals surface area contributed by atoms with E-state index in [4.69, 9.17) is 19.9 Å². The van der Waals surface area contributed by atoms with E-state index >= 15 is 0 Å². The van der Waals surface area contributed by atoms with Crippen molar-refractivity contribution in [2.24, 2.45) is 5.73 Å². The lowest BCUT2D eigenvalue weighted by molar-refractivity contribution is -0.0154. The number of H-pyrrole nitrogens is 1. The van der Waals surface area contributed by atoms with Gasteiger partial charge in [0, 0.05) is 16.2 Å². The van der Waals surface area contributed by atoms with Gasteiger partial charge in [0.25, 0.3) is 5.72 Å². The van der Waals surface area contributed by atoms with Crippen molar-refractivity contribution in [1.29, 1.82) is 0 Å². The van der Waals surface area contributed by atoms with Crippen LogP contribution in [0.1, 0.15) is 21.7 Å². The van der Waals surface area contributed by atoms with Gasteiger partial charge in [-0.1, -0.05) is 24.3 Å². The Balaban J connectivity index is 1.26. The van der Waals surface area contributed by atoms with Crippen LogP contribution in [0.15, 0.2) is 77.7 Å². The number of hydrogen-bond donors (Lipinski definition) is 2. The van der Waals surface area contributed by atoms with Crippen molar-refractivity contribution in [3.05, 3.63) is 89.7 Å². The molecular weight excluding hydrogens is 454 g/mol. The van der Waals surface area contributed by atoms with Gasteiger partial charge in [0.05, 0.1) is 12.2 Å². The number of fused-ring (bicyclic) bond motifs is 1. The summed E-state index contributed by atoms with van der Waals surface area (Å²) in [6.45, 7) is 0.532. The highest BCUT2D eigenvalue weighted by atomic mass is 32.2. The second-order valence-corrected chi connectivity index (χ2v) is 8.68. The van der Waals surface area contributed by atoms with Crippen molar-refractivity contribution in [1.82, 2.24) is 20.6 Å². The fourth-order valence-corrected chi connectivity index (χ4v) is 4.21. The first-order chi connectivity index (χ1) is 16.6. The number of aromatic nitrogens is 4. The molecule has 0 aliphatic carbocycles. The molecule has 2 heterocycles. The lowest BCUT2D eigenvalue weighted by atomic mass is 10.0. The highest BCUT2D eigenvalue weighted by Crippen LogP contribution is 2.40. The number of nitrogens with zero attached hydrogens (tertiary/aromatic N) is 3. The van der Waals surface area contributed by atoms with Crippen LogP contribution >= 0.6 is 11.8 Å². The van der Waals surface area contributed by atoms with Gasteiger partial charge in [-0.15, -0.1) is 22.0 Å². The summed E-state index contributed by atoms with van der Waals surface area (Å²) in [6, 6.07) is 22.3. The van der Waals surface area contributed by atoms with Gasteiger partial charge < -0.3 is 14.2 Å². The van der Waals surface area contributed by atoms with E-state index in [1.54, 1.807) is 54.2 Å². The lowest BCUT2D eigenvalue weighted by Gasteiger charge is -2.33. The van der Waals surface area contributed by atoms with Crippen molar-refractivity contribution in [2.45, 2.75) is 10.6 Å². The Bertz CT molecular complexity index is 1270. The van der Waals surface area contributed by atoms with Crippen LogP contribution in [0, 0.1) is 0 Å². The smallest absolute Gasteiger partial charge is 0.257 e. The fourth-order valence-electron chi connectivity index (χ4n) is 3.46. The molecule has 0 bridgehead atoms. The zero-order valence-electron chi connectivity index (χ0n) is 18.0. The Morgan fingerprint density at radius 1 is 1.09 bits per heavy atom. The first-order valence-corrected chi connectivity index (χ1v) is 11.5. The number of rotatable bonds is 8. The zero-order chi connectivity index (χ0) is 23.4. The Morgan fingerprint density at radius 3 is 2.68 bits per heavy atom. The topological polar surface area (TPSA) is 125 Å². The summed E-state index contributed by atoms with van der Waals surface area (Å²) in [5.74, 6) is 2.07. The number of ketones is 1. The van der Waals surface area contributed by atoms with Crippen molar-refractivity contribution in [3.8, 4) is 17.2 Å². The van der Waals surface area contributed by atoms with Gasteiger partial charge in [-0.25, -0.2) is 0 Å². The number of hydrogen-bond acceptors (Lipinski definition) is 9. The molecule has 1 aliphatic heterocycles. The molecule has 1 aromatic heterocycles. The van der Waals surface area contributed by atoms with Crippen LogP contribution in [0.25, 0.3) is 0 Å². The van der Waals surface area contributed by atoms with Crippen LogP contribution in [0.3, 0.4) is 0 Å². The summed E-state index contributed by atoms with van der Waals surface area (Å²) < 4.78 is 17.5. The number of aromatic amines is 1. The number of nitrogens with one attached hydrogen (secondary N) is 1. The summed E-state index contributed by atoms with van der Waals surface area (Å²) in [5.41, 5.74) is 5.64. The quantitative estimate of drug-likeness (QED) is 0.224. The second kappa shape index (κ2) is 9.54. The molecule has 0 saturated carbocycles. The average Bonchev–Trinajstić information content (AvgIpc) is 3.43. The molecule has 34 heavy (non-hydrogen) atoms. The van der Waals surface area contributed by atoms with Crippen LogP contribution in [0.5, 0.6) is 17.2 Å². The van der Waals surface area contributed by atoms with Crippen LogP contribution in [-0.4, -0.2) is 45.4 Å². The van der Waals surface area contributed by atoms with Crippen molar-refractivity contribution in [2.75, 3.05) is 19.0 Å². The van der Waals surface area contributed by atoms with E-state index in [0.717, 1.165) is 5.75 Å². The van der Waals surface area contributed by atoms with Gasteiger partial charge in [0.15, 0.2) is 17.3 Å². The summed E-state index contributed by atoms with van der Waals surface area (Å²) >= 11 is 1.73. The second-order valence-electron chi connectivity index (χ2n) is 7.51. The highest BCUT2D eigenvalue weighted by Gasteiger charge is 2.41. The van der Waals surface area contributed by atoms with E-state index in [1.165, 1.54) is 4.90 Å². The van der Waals surface area contributed by atoms with E-state index in [-0.39, 0.29) is 24.0 Å². The zero-order valence-corrected chi connectivity index (χ0v) is 18.8. The maximum Gasteiger partial charge on any atom is 0.257 e. The summed E-state index contributed by atoms with van der Waals surface area (Å²) in [4.78, 5) is 14.5. The number of ether oxygens (including phenoxy) is 3. The van der Waals surface area contributed by atoms with Gasteiger partial charge in [-0.3, -0.25) is 10.5 Å². The number of carbonyl (C=O) groups excluding carboxylic acids is 1. The number of carbonyl (C=O) groups is 1. The molecule has 0 saturated heterocycles. The number of thioether (sulfide) groups is 1. The minimum Gasteiger partial charge on any atom is -0.493 e. The van der Waals surface area contributed by atoms with Crippen LogP contribution in [-0.2, 0) is 5.72 Å². The Labute approximate surface area is 199 Å². The third-order valence-corrected chi connectivity index (χ3v) is 6.13. The van der Waals surface area contributed by atoms with Gasteiger partial charge in [0.2, 0.25) is 5.82 Å². The standard InChI is InChI=1S/C24H21N5O4S/c25-24(23-26-28-29-27-23)15-32-20-8-4-7-19(22(20)33-24)21(30)16-9-11-17(12-10-16)31-13-14-34-18-5-2-1-3-6-18/h1-12H,13-15,25H2,(H,26,27,28,29). The van der Waals surface area contributed by atoms with Crippen LogP contribution < -0.4 is 19.9 Å². The van der Waals surface area contributed by atoms with Gasteiger partial charge in [0.1, 0.15) is 12.4 Å². The molecule has 0 radical (unpaired) electrons. The van der Waals surface area contributed by atoms with Crippen molar-refractivity contribution in [3.63, 3.8) is 0 Å². The van der Waals surface area contributed by atoms with Gasteiger partial charge in [-0.05, 0) is 53.7 Å². The largest absolute Gasteiger partial charge is 0.493 e. The fraction of sp³-hybridized carbons (Fsp3) is 0.167. The van der Waals surface area contributed by atoms with Crippen LogP contribution in [0.4, 0.5) is 0 Å². The Hall–Kier alpha value is -3.89. The van der Waals surface area contributed by atoms with E-state index in [1.807, 2.05) is 18.2 Å². The highest BCUT2D eigenvalue weighted by molar-refractivity contribution is 7.99. The molecule has 4 aromatic rings. The third-order valence-electron chi connectivity index (χ3n) is 5.15. The molecule has 1 unspecified atom stereocenters. The molecule has 0 spiro atoms. The molecule has 5 rings (SSSR count). The normalized spacial score (nSPS) is 16.7. The number of para-hydroxylation sites is 1. The van der Waals surface area contributed by atoms with E-state index < -0.39 is 5.72 Å². The van der Waals surface area contributed by atoms with Crippen LogP contribution in [0.2, 0.25) is 0 Å². The summed E-state index contributed by atoms with van der Waals surface area (Å²) in [5, 5.41) is 13.7. The number of nitrogens with two attached hydrogens (primary N) is 1. The third kappa shape index (κ3) is 4.59. The Morgan fingerprint density at radius 2 is 1.91 bits per heavy atom. The molecule has 3 N–H and O–H groups in total. The number of benzene rings is 3. The van der Waals surface area contributed by atoms with Crippen molar-refractivity contribution >= 4 is 17.5 Å². The Kier molecular flexibility index (Phi) is 6.15. The molecule has 3 aromatic carbocycles. The first kappa shape index (κ1) is 21.9. The maximum atomic E-state index is 13.3. The van der Waals surface area contributed by atoms with E-state index in [0.29, 0.717) is 29.2 Å². The monoisotopic (exact) mass is 475 g/mol. The molecule has 10 heteroatoms. The minimum atomic E-state index is -1.47. The van der Waals surface area contributed by atoms with Gasteiger partial charge >= 0.3 is 0 Å². The minimum absolute atomic E-state index is 0.0221. The molecular formula is C24H21N5O4S. The molecule has 1 atom stereocenters. The van der Waals surface area contributed by atoms with E-state index in [9.17, 15) is 4.79 Å². The molecule has 1 aliphatic rings. The predicted octanol–water partition coefficient (Wildman–Crippen LogP) is 3.18. The molecule has 0 amide bonds. The first-order valence-electron chi connectivity index (χ1n) is 10.6. The van der Waals surface area contributed by atoms with Crippen molar-refractivity contribution < 1.29 is 19.0 Å². The van der Waals surface area contributed by atoms with E-state index in [2.05, 4.69) is 32.8 Å². The summed E-state index contributed by atoms with van der Waals surface area (Å²) in [6.07, 6.45) is 0. The maximum absolute atomic E-state index is 13.3. The SMILES string of the molecule is NC1(c2nn[nH]n2)COc2cccc(C(=O)c3ccc(OCCSc4ccccc4)cc3)c2O1. The molecule has 172 valence electrons. The predicted molar refractivity (Wildman–Crippen MR) is 125 cm³/mol.